The van der Waals surface area contributed by atoms with E-state index in [0.717, 1.165) is 11.1 Å². The molecule has 0 aliphatic rings. The number of halogens is 1. The zero-order valence-electron chi connectivity index (χ0n) is 24.3. The SMILES string of the molecule is Nc1ccc(C(=O)NCCC[C@H](NC(=O)c2ccc(CCc3ccc4nc(N)nc(N)c4c3Cl)cc2)C(=O)O)c(-c2nnn[nH]2)c1. The molecular weight excluding hydrogens is 614 g/mol. The number of aromatic nitrogens is 6. The van der Waals surface area contributed by atoms with Gasteiger partial charge in [0.25, 0.3) is 11.8 Å². The molecule has 236 valence electrons. The van der Waals surface area contributed by atoms with Crippen LogP contribution in [0.25, 0.3) is 22.3 Å². The minimum atomic E-state index is -1.18. The van der Waals surface area contributed by atoms with E-state index in [9.17, 15) is 19.5 Å². The number of aromatic amines is 1. The first-order valence-corrected chi connectivity index (χ1v) is 14.5. The van der Waals surface area contributed by atoms with Gasteiger partial charge in [0.05, 0.1) is 21.5 Å². The van der Waals surface area contributed by atoms with Crippen LogP contribution in [0.1, 0.15) is 44.7 Å². The molecule has 16 heteroatoms. The van der Waals surface area contributed by atoms with Gasteiger partial charge in [0.1, 0.15) is 11.9 Å². The van der Waals surface area contributed by atoms with E-state index in [2.05, 4.69) is 41.2 Å². The maximum atomic E-state index is 12.9. The lowest BCUT2D eigenvalue weighted by Crippen LogP contribution is -2.41. The minimum Gasteiger partial charge on any atom is -0.480 e. The summed E-state index contributed by atoms with van der Waals surface area (Å²) in [4.78, 5) is 45.7. The number of carbonyl (C=O) groups is 3. The number of nitrogen functional groups attached to an aromatic ring is 3. The summed E-state index contributed by atoms with van der Waals surface area (Å²) < 4.78 is 0. The van der Waals surface area contributed by atoms with Crippen molar-refractivity contribution in [1.82, 2.24) is 41.2 Å². The van der Waals surface area contributed by atoms with Gasteiger partial charge in [0.2, 0.25) is 5.95 Å². The fourth-order valence-electron chi connectivity index (χ4n) is 4.90. The lowest BCUT2D eigenvalue weighted by molar-refractivity contribution is -0.139. The van der Waals surface area contributed by atoms with Crippen LogP contribution in [-0.2, 0) is 17.6 Å². The molecule has 5 aromatic rings. The van der Waals surface area contributed by atoms with Gasteiger partial charge in [0, 0.05) is 23.4 Å². The molecule has 0 saturated heterocycles. The molecule has 0 radical (unpaired) electrons. The molecule has 0 spiro atoms. The lowest BCUT2D eigenvalue weighted by atomic mass is 10.0. The van der Waals surface area contributed by atoms with Crippen LogP contribution in [0, 0.1) is 0 Å². The summed E-state index contributed by atoms with van der Waals surface area (Å²) in [6.45, 7) is 0.167. The van der Waals surface area contributed by atoms with Crippen LogP contribution >= 0.6 is 11.6 Å². The largest absolute Gasteiger partial charge is 0.480 e. The third-order valence-corrected chi connectivity index (χ3v) is 7.70. The molecule has 0 bridgehead atoms. The highest BCUT2D eigenvalue weighted by atomic mass is 35.5. The fourth-order valence-corrected chi connectivity index (χ4v) is 5.25. The van der Waals surface area contributed by atoms with Gasteiger partial charge in [-0.3, -0.25) is 9.59 Å². The topological polar surface area (TPSA) is 254 Å². The fraction of sp³-hybridized carbons (Fsp3) is 0.200. The Hall–Kier alpha value is -5.83. The van der Waals surface area contributed by atoms with Crippen molar-refractivity contribution in [3.05, 3.63) is 81.9 Å². The number of fused-ring (bicyclic) bond motifs is 1. The number of nitrogens with one attached hydrogen (secondary N) is 3. The maximum absolute atomic E-state index is 12.9. The van der Waals surface area contributed by atoms with Crippen molar-refractivity contribution >= 4 is 57.7 Å². The number of carboxylic acids is 1. The second kappa shape index (κ2) is 13.9. The quantitative estimate of drug-likeness (QED) is 0.0764. The van der Waals surface area contributed by atoms with E-state index in [4.69, 9.17) is 28.8 Å². The van der Waals surface area contributed by atoms with Crippen LogP contribution in [0.3, 0.4) is 0 Å². The monoisotopic (exact) mass is 643 g/mol. The zero-order valence-corrected chi connectivity index (χ0v) is 25.1. The van der Waals surface area contributed by atoms with Gasteiger partial charge < -0.3 is 32.9 Å². The summed E-state index contributed by atoms with van der Waals surface area (Å²) in [6.07, 6.45) is 1.60. The number of carbonyl (C=O) groups excluding carboxylic acids is 2. The number of benzene rings is 3. The molecule has 2 heterocycles. The predicted molar refractivity (Wildman–Crippen MR) is 172 cm³/mol. The molecule has 0 aliphatic carbocycles. The van der Waals surface area contributed by atoms with Crippen molar-refractivity contribution in [2.24, 2.45) is 0 Å². The number of H-pyrrole nitrogens is 1. The maximum Gasteiger partial charge on any atom is 0.326 e. The summed E-state index contributed by atoms with van der Waals surface area (Å²) in [5.41, 5.74) is 21.4. The summed E-state index contributed by atoms with van der Waals surface area (Å²) in [5, 5.41) is 29.5. The first kappa shape index (κ1) is 31.6. The Morgan fingerprint density at radius 1 is 0.957 bits per heavy atom. The molecule has 0 unspecified atom stereocenters. The molecule has 10 N–H and O–H groups in total. The number of anilines is 3. The van der Waals surface area contributed by atoms with Gasteiger partial charge >= 0.3 is 5.97 Å². The van der Waals surface area contributed by atoms with Gasteiger partial charge in [-0.2, -0.15) is 4.98 Å². The minimum absolute atomic E-state index is 0.0728. The van der Waals surface area contributed by atoms with E-state index in [0.29, 0.717) is 57.6 Å². The van der Waals surface area contributed by atoms with Gasteiger partial charge in [-0.15, -0.1) is 5.10 Å². The number of aryl methyl sites for hydroxylation is 2. The molecule has 0 aliphatic heterocycles. The van der Waals surface area contributed by atoms with Crippen molar-refractivity contribution in [3.8, 4) is 11.4 Å². The third kappa shape index (κ3) is 7.27. The number of hydrogen-bond donors (Lipinski definition) is 7. The molecule has 0 saturated carbocycles. The van der Waals surface area contributed by atoms with Crippen LogP contribution in [0.4, 0.5) is 17.5 Å². The van der Waals surface area contributed by atoms with Crippen molar-refractivity contribution in [3.63, 3.8) is 0 Å². The standard InChI is InChI=1S/C30H30ClN11O4/c31-24-16(9-12-21-23(24)25(33)38-30(34)37-21)6-3-15-4-7-17(8-5-15)27(43)36-22(29(45)46)2-1-13-35-28(44)19-11-10-18(32)14-20(19)26-39-41-42-40-26/h4-5,7-12,14,22H,1-3,6,13,32H2,(H,35,44)(H,36,43)(H,45,46)(H4,33,34,37,38)(H,39,40,41,42)/t22-/m0/s1. The molecule has 2 amide bonds. The normalized spacial score (nSPS) is 11.7. The van der Waals surface area contributed by atoms with Crippen molar-refractivity contribution < 1.29 is 19.5 Å². The van der Waals surface area contributed by atoms with Gasteiger partial charge in [-0.05, 0) is 83.6 Å². The van der Waals surface area contributed by atoms with E-state index in [1.165, 1.54) is 0 Å². The van der Waals surface area contributed by atoms with Crippen LogP contribution in [0.15, 0.2) is 54.6 Å². The Labute approximate surface area is 266 Å². The molecule has 2 aromatic heterocycles. The number of amides is 2. The highest BCUT2D eigenvalue weighted by Gasteiger charge is 2.21. The summed E-state index contributed by atoms with van der Waals surface area (Å²) in [6, 6.07) is 14.1. The van der Waals surface area contributed by atoms with E-state index < -0.39 is 23.8 Å². The smallest absolute Gasteiger partial charge is 0.326 e. The molecule has 15 nitrogen and oxygen atoms in total. The van der Waals surface area contributed by atoms with Crippen molar-refractivity contribution in [1.29, 1.82) is 0 Å². The average Bonchev–Trinajstić information content (AvgIpc) is 3.57. The molecule has 5 rings (SSSR count). The highest BCUT2D eigenvalue weighted by Crippen LogP contribution is 2.31. The second-order valence-corrected chi connectivity index (χ2v) is 10.8. The second-order valence-electron chi connectivity index (χ2n) is 10.4. The van der Waals surface area contributed by atoms with Crippen LogP contribution in [0.2, 0.25) is 5.02 Å². The molecule has 46 heavy (non-hydrogen) atoms. The lowest BCUT2D eigenvalue weighted by Gasteiger charge is -2.15. The summed E-state index contributed by atoms with van der Waals surface area (Å²) >= 11 is 6.59. The van der Waals surface area contributed by atoms with Crippen molar-refractivity contribution in [2.45, 2.75) is 31.7 Å². The number of carboxylic acid groups (broad SMARTS) is 1. The van der Waals surface area contributed by atoms with Gasteiger partial charge in [-0.25, -0.2) is 14.9 Å². The number of tetrazole rings is 1. The third-order valence-electron chi connectivity index (χ3n) is 7.27. The highest BCUT2D eigenvalue weighted by molar-refractivity contribution is 6.37. The zero-order chi connectivity index (χ0) is 32.8. The number of nitrogens with two attached hydrogens (primary N) is 3. The number of nitrogens with zero attached hydrogens (tertiary/aromatic N) is 5. The predicted octanol–water partition coefficient (Wildman–Crippen LogP) is 2.39. The number of aliphatic carboxylic acids is 1. The Balaban J connectivity index is 1.13. The number of rotatable bonds is 12. The Morgan fingerprint density at radius 3 is 2.46 bits per heavy atom. The van der Waals surface area contributed by atoms with Crippen molar-refractivity contribution in [2.75, 3.05) is 23.7 Å². The average molecular weight is 644 g/mol. The summed E-state index contributed by atoms with van der Waals surface area (Å²) in [5.74, 6) is -1.56. The van der Waals surface area contributed by atoms with Crippen LogP contribution in [0.5, 0.6) is 0 Å². The molecular formula is C30H30ClN11O4. The first-order valence-electron chi connectivity index (χ1n) is 14.1. The Kier molecular flexibility index (Phi) is 9.52. The molecule has 0 fully saturated rings. The molecule has 3 aromatic carbocycles. The number of hydrogen-bond acceptors (Lipinski definition) is 11. The molecule has 1 atom stereocenters. The van der Waals surface area contributed by atoms with Crippen LogP contribution < -0.4 is 27.8 Å². The first-order chi connectivity index (χ1) is 22.1. The van der Waals surface area contributed by atoms with Crippen LogP contribution in [-0.4, -0.2) is 66.1 Å². The Bertz CT molecular complexity index is 1900. The summed E-state index contributed by atoms with van der Waals surface area (Å²) in [7, 11) is 0. The van der Waals surface area contributed by atoms with E-state index in [1.807, 2.05) is 6.07 Å². The van der Waals surface area contributed by atoms with Gasteiger partial charge in [0.15, 0.2) is 5.82 Å². The van der Waals surface area contributed by atoms with E-state index in [-0.39, 0.29) is 30.6 Å². The van der Waals surface area contributed by atoms with E-state index in [1.54, 1.807) is 48.5 Å². The van der Waals surface area contributed by atoms with E-state index >= 15 is 0 Å². The van der Waals surface area contributed by atoms with Gasteiger partial charge in [-0.1, -0.05) is 29.8 Å². The Morgan fingerprint density at radius 2 is 1.74 bits per heavy atom.